The van der Waals surface area contributed by atoms with Gasteiger partial charge in [0.2, 0.25) is 0 Å². The third-order valence-corrected chi connectivity index (χ3v) is 2.30. The first-order valence-corrected chi connectivity index (χ1v) is 5.10. The van der Waals surface area contributed by atoms with Gasteiger partial charge in [0.05, 0.1) is 6.04 Å². The van der Waals surface area contributed by atoms with Crippen LogP contribution in [0.15, 0.2) is 24.3 Å². The summed E-state index contributed by atoms with van der Waals surface area (Å²) in [5.41, 5.74) is 1.81. The van der Waals surface area contributed by atoms with Crippen LogP contribution >= 0.6 is 0 Å². The highest BCUT2D eigenvalue weighted by molar-refractivity contribution is 5.50. The van der Waals surface area contributed by atoms with Crippen molar-refractivity contribution in [2.45, 2.75) is 19.3 Å². The number of ether oxygens (including phenoxy) is 2. The van der Waals surface area contributed by atoms with E-state index in [1.54, 1.807) is 14.2 Å². The number of nitrogens with one attached hydrogen (secondary N) is 1. The zero-order valence-electron chi connectivity index (χ0n) is 9.86. The molecule has 0 spiro atoms. The van der Waals surface area contributed by atoms with Gasteiger partial charge in [0, 0.05) is 25.5 Å². The lowest BCUT2D eigenvalue weighted by atomic mass is 10.2. The lowest BCUT2D eigenvalue weighted by Crippen LogP contribution is -2.33. The summed E-state index contributed by atoms with van der Waals surface area (Å²) in [6, 6.07) is 7.72. The van der Waals surface area contributed by atoms with Crippen LogP contribution in [-0.4, -0.2) is 26.6 Å². The maximum atomic E-state index is 5.33. The summed E-state index contributed by atoms with van der Waals surface area (Å²) in [5.74, 6) is 2.60. The molecule has 0 saturated heterocycles. The predicted octanol–water partition coefficient (Wildman–Crippen LogP) is 2.09. The molecule has 0 aliphatic rings. The molecule has 0 radical (unpaired) electrons. The van der Waals surface area contributed by atoms with Crippen LogP contribution in [0.4, 0.5) is 5.69 Å². The van der Waals surface area contributed by atoms with Gasteiger partial charge in [-0.05, 0) is 25.1 Å². The fourth-order valence-electron chi connectivity index (χ4n) is 1.53. The van der Waals surface area contributed by atoms with E-state index in [0.29, 0.717) is 0 Å². The highest BCUT2D eigenvalue weighted by Gasteiger charge is 2.15. The number of benzene rings is 1. The van der Waals surface area contributed by atoms with E-state index in [-0.39, 0.29) is 12.3 Å². The molecule has 1 atom stereocenters. The number of rotatable bonds is 5. The first-order chi connectivity index (χ1) is 7.71. The Morgan fingerprint density at radius 3 is 2.56 bits per heavy atom. The van der Waals surface area contributed by atoms with Gasteiger partial charge in [-0.1, -0.05) is 12.0 Å². The zero-order chi connectivity index (χ0) is 12.0. The van der Waals surface area contributed by atoms with Crippen LogP contribution in [0.25, 0.3) is 0 Å². The lowest BCUT2D eigenvalue weighted by Gasteiger charge is -2.23. The average Bonchev–Trinajstić information content (AvgIpc) is 2.31. The van der Waals surface area contributed by atoms with Crippen molar-refractivity contribution in [3.63, 3.8) is 0 Å². The maximum absolute atomic E-state index is 5.33. The van der Waals surface area contributed by atoms with Crippen LogP contribution in [0.5, 0.6) is 0 Å². The van der Waals surface area contributed by atoms with Crippen LogP contribution in [0.1, 0.15) is 12.5 Å². The van der Waals surface area contributed by atoms with E-state index in [1.165, 1.54) is 0 Å². The van der Waals surface area contributed by atoms with Crippen LogP contribution < -0.4 is 5.32 Å². The highest BCUT2D eigenvalue weighted by atomic mass is 16.7. The van der Waals surface area contributed by atoms with E-state index in [2.05, 4.69) is 11.2 Å². The third kappa shape index (κ3) is 3.27. The molecule has 0 saturated carbocycles. The highest BCUT2D eigenvalue weighted by Crippen LogP contribution is 2.13. The lowest BCUT2D eigenvalue weighted by molar-refractivity contribution is -0.109. The topological polar surface area (TPSA) is 30.5 Å². The SMILES string of the molecule is C#Cc1cccc(NC(C)C(OC)OC)c1. The largest absolute Gasteiger partial charge is 0.377 e. The summed E-state index contributed by atoms with van der Waals surface area (Å²) in [4.78, 5) is 0. The average molecular weight is 219 g/mol. The molecule has 1 rings (SSSR count). The second-order valence-electron chi connectivity index (χ2n) is 3.50. The molecule has 0 aromatic heterocycles. The number of anilines is 1. The van der Waals surface area contributed by atoms with E-state index >= 15 is 0 Å². The summed E-state index contributed by atoms with van der Waals surface area (Å²) >= 11 is 0. The van der Waals surface area contributed by atoms with Gasteiger partial charge in [0.25, 0.3) is 0 Å². The van der Waals surface area contributed by atoms with Crippen molar-refractivity contribution in [3.8, 4) is 12.3 Å². The van der Waals surface area contributed by atoms with E-state index in [9.17, 15) is 0 Å². The number of hydrogen-bond acceptors (Lipinski definition) is 3. The molecule has 1 N–H and O–H groups in total. The second-order valence-corrected chi connectivity index (χ2v) is 3.50. The summed E-state index contributed by atoms with van der Waals surface area (Å²) in [7, 11) is 3.23. The van der Waals surface area contributed by atoms with Crippen LogP contribution in [-0.2, 0) is 9.47 Å². The number of hydrogen-bond donors (Lipinski definition) is 1. The predicted molar refractivity (Wildman–Crippen MR) is 65.3 cm³/mol. The quantitative estimate of drug-likeness (QED) is 0.607. The summed E-state index contributed by atoms with van der Waals surface area (Å²) in [6.45, 7) is 1.99. The Morgan fingerprint density at radius 1 is 1.31 bits per heavy atom. The van der Waals surface area contributed by atoms with Crippen molar-refractivity contribution >= 4 is 5.69 Å². The maximum Gasteiger partial charge on any atom is 0.176 e. The molecule has 0 heterocycles. The molecular formula is C13H17NO2. The minimum absolute atomic E-state index is 0.0445. The standard InChI is InChI=1S/C13H17NO2/c1-5-11-7-6-8-12(9-11)14-10(2)13(15-3)16-4/h1,6-10,13-14H,2-4H3. The van der Waals surface area contributed by atoms with Gasteiger partial charge in [-0.2, -0.15) is 0 Å². The van der Waals surface area contributed by atoms with Gasteiger partial charge in [0.1, 0.15) is 0 Å². The first-order valence-electron chi connectivity index (χ1n) is 5.10. The Bertz CT molecular complexity index is 366. The zero-order valence-corrected chi connectivity index (χ0v) is 9.86. The van der Waals surface area contributed by atoms with Crippen molar-refractivity contribution in [2.24, 2.45) is 0 Å². The second kappa shape index (κ2) is 6.16. The Kier molecular flexibility index (Phi) is 4.84. The molecule has 1 unspecified atom stereocenters. The molecule has 1 aromatic carbocycles. The molecule has 0 aliphatic carbocycles. The summed E-state index contributed by atoms with van der Waals surface area (Å²) < 4.78 is 10.3. The van der Waals surface area contributed by atoms with Gasteiger partial charge in [-0.25, -0.2) is 0 Å². The Labute approximate surface area is 96.8 Å². The van der Waals surface area contributed by atoms with Crippen molar-refractivity contribution in [3.05, 3.63) is 29.8 Å². The summed E-state index contributed by atoms with van der Waals surface area (Å²) in [5, 5.41) is 3.27. The first kappa shape index (κ1) is 12.6. The molecule has 1 aromatic rings. The van der Waals surface area contributed by atoms with E-state index < -0.39 is 0 Å². The monoisotopic (exact) mass is 219 g/mol. The van der Waals surface area contributed by atoms with E-state index in [0.717, 1.165) is 11.3 Å². The van der Waals surface area contributed by atoms with Crippen molar-refractivity contribution in [1.29, 1.82) is 0 Å². The normalized spacial score (nSPS) is 12.2. The van der Waals surface area contributed by atoms with Crippen LogP contribution in [0, 0.1) is 12.3 Å². The molecule has 3 nitrogen and oxygen atoms in total. The van der Waals surface area contributed by atoms with Gasteiger partial charge in [-0.3, -0.25) is 0 Å². The molecule has 0 fully saturated rings. The number of terminal acetylenes is 1. The Morgan fingerprint density at radius 2 is 2.00 bits per heavy atom. The number of methoxy groups -OCH3 is 2. The van der Waals surface area contributed by atoms with Crippen molar-refractivity contribution < 1.29 is 9.47 Å². The Balaban J connectivity index is 2.69. The molecule has 0 bridgehead atoms. The minimum atomic E-state index is -0.283. The van der Waals surface area contributed by atoms with Gasteiger partial charge in [0.15, 0.2) is 6.29 Å². The third-order valence-electron chi connectivity index (χ3n) is 2.30. The van der Waals surface area contributed by atoms with Crippen LogP contribution in [0.2, 0.25) is 0 Å². The molecule has 86 valence electrons. The minimum Gasteiger partial charge on any atom is -0.377 e. The molecule has 16 heavy (non-hydrogen) atoms. The molecule has 0 aliphatic heterocycles. The molecule has 3 heteroatoms. The van der Waals surface area contributed by atoms with E-state index in [1.807, 2.05) is 31.2 Å². The summed E-state index contributed by atoms with van der Waals surface area (Å²) in [6.07, 6.45) is 5.05. The van der Waals surface area contributed by atoms with E-state index in [4.69, 9.17) is 15.9 Å². The van der Waals surface area contributed by atoms with Gasteiger partial charge >= 0.3 is 0 Å². The van der Waals surface area contributed by atoms with Crippen molar-refractivity contribution in [1.82, 2.24) is 0 Å². The smallest absolute Gasteiger partial charge is 0.176 e. The fraction of sp³-hybridized carbons (Fsp3) is 0.385. The Hall–Kier alpha value is -1.50. The molecule has 0 amide bonds. The van der Waals surface area contributed by atoms with Crippen LogP contribution in [0.3, 0.4) is 0 Å². The molecular weight excluding hydrogens is 202 g/mol. The van der Waals surface area contributed by atoms with Gasteiger partial charge in [-0.15, -0.1) is 6.42 Å². The van der Waals surface area contributed by atoms with Gasteiger partial charge < -0.3 is 14.8 Å². The fourth-order valence-corrected chi connectivity index (χ4v) is 1.53. The van der Waals surface area contributed by atoms with Crippen molar-refractivity contribution in [2.75, 3.05) is 19.5 Å².